The Balaban J connectivity index is 1.61. The van der Waals surface area contributed by atoms with E-state index in [0.717, 1.165) is 37.3 Å². The molecule has 0 N–H and O–H groups in total. The highest BCUT2D eigenvalue weighted by molar-refractivity contribution is 5.25. The van der Waals surface area contributed by atoms with E-state index in [0.29, 0.717) is 12.6 Å². The summed E-state index contributed by atoms with van der Waals surface area (Å²) in [5.74, 6) is 0. The predicted molar refractivity (Wildman–Crippen MR) is 80.5 cm³/mol. The molecule has 2 nitrogen and oxygen atoms in total. The molecule has 0 aromatic heterocycles. The molecule has 122 valence electrons. The first-order chi connectivity index (χ1) is 10.4. The van der Waals surface area contributed by atoms with Crippen molar-refractivity contribution in [2.45, 2.75) is 51.0 Å². The van der Waals surface area contributed by atoms with Gasteiger partial charge in [0, 0.05) is 38.3 Å². The Labute approximate surface area is 129 Å². The average molecular weight is 312 g/mol. The van der Waals surface area contributed by atoms with E-state index in [1.54, 1.807) is 6.07 Å². The maximum atomic E-state index is 12.8. The van der Waals surface area contributed by atoms with Crippen molar-refractivity contribution < 1.29 is 13.2 Å². The van der Waals surface area contributed by atoms with Crippen LogP contribution >= 0.6 is 0 Å². The molecule has 2 aliphatic rings. The van der Waals surface area contributed by atoms with Crippen LogP contribution in [0.3, 0.4) is 0 Å². The van der Waals surface area contributed by atoms with E-state index in [9.17, 15) is 13.2 Å². The summed E-state index contributed by atoms with van der Waals surface area (Å²) in [6.45, 7) is 5.79. The van der Waals surface area contributed by atoms with Crippen LogP contribution in [0.15, 0.2) is 24.3 Å². The summed E-state index contributed by atoms with van der Waals surface area (Å²) in [6.07, 6.45) is -0.311. The first-order valence-electron chi connectivity index (χ1n) is 8.08. The molecule has 1 aromatic rings. The summed E-state index contributed by atoms with van der Waals surface area (Å²) >= 11 is 0. The molecule has 1 heterocycles. The van der Waals surface area contributed by atoms with Crippen LogP contribution in [0, 0.1) is 0 Å². The molecule has 3 rings (SSSR count). The third-order valence-electron chi connectivity index (χ3n) is 5.03. The SMILES string of the molecule is C[C@@H]1CN(C2CCC2)CCN1Cc1cccc(C(F)(F)F)c1. The van der Waals surface area contributed by atoms with Crippen LogP contribution in [0.5, 0.6) is 0 Å². The summed E-state index contributed by atoms with van der Waals surface area (Å²) in [7, 11) is 0. The van der Waals surface area contributed by atoms with Gasteiger partial charge in [0.1, 0.15) is 0 Å². The summed E-state index contributed by atoms with van der Waals surface area (Å²) < 4.78 is 38.4. The number of piperazine rings is 1. The molecular weight excluding hydrogens is 289 g/mol. The Morgan fingerprint density at radius 3 is 2.55 bits per heavy atom. The molecule has 0 unspecified atom stereocenters. The van der Waals surface area contributed by atoms with Crippen molar-refractivity contribution in [1.82, 2.24) is 9.80 Å². The fourth-order valence-electron chi connectivity index (χ4n) is 3.42. The summed E-state index contributed by atoms with van der Waals surface area (Å²) in [5.41, 5.74) is 0.199. The van der Waals surface area contributed by atoms with Crippen LogP contribution < -0.4 is 0 Å². The normalized spacial score (nSPS) is 25.2. The molecular formula is C17H23F3N2. The summed E-state index contributed by atoms with van der Waals surface area (Å²) in [4.78, 5) is 4.85. The number of hydrogen-bond acceptors (Lipinski definition) is 2. The van der Waals surface area contributed by atoms with Gasteiger partial charge in [0.15, 0.2) is 0 Å². The maximum Gasteiger partial charge on any atom is 0.416 e. The number of halogens is 3. The van der Waals surface area contributed by atoms with Gasteiger partial charge in [-0.1, -0.05) is 24.6 Å². The topological polar surface area (TPSA) is 6.48 Å². The van der Waals surface area contributed by atoms with Crippen molar-refractivity contribution in [2.24, 2.45) is 0 Å². The Morgan fingerprint density at radius 1 is 1.18 bits per heavy atom. The van der Waals surface area contributed by atoms with Crippen LogP contribution in [0.2, 0.25) is 0 Å². The molecule has 0 amide bonds. The van der Waals surface area contributed by atoms with E-state index in [1.165, 1.54) is 31.4 Å². The van der Waals surface area contributed by atoms with Crippen molar-refractivity contribution in [3.8, 4) is 0 Å². The van der Waals surface area contributed by atoms with E-state index in [2.05, 4.69) is 16.7 Å². The van der Waals surface area contributed by atoms with Gasteiger partial charge < -0.3 is 0 Å². The summed E-state index contributed by atoms with van der Waals surface area (Å²) in [5, 5.41) is 0. The number of nitrogens with zero attached hydrogens (tertiary/aromatic N) is 2. The third-order valence-corrected chi connectivity index (χ3v) is 5.03. The van der Waals surface area contributed by atoms with Gasteiger partial charge in [-0.05, 0) is 31.4 Å². The van der Waals surface area contributed by atoms with E-state index >= 15 is 0 Å². The first kappa shape index (κ1) is 15.8. The molecule has 22 heavy (non-hydrogen) atoms. The van der Waals surface area contributed by atoms with Crippen molar-refractivity contribution in [1.29, 1.82) is 0 Å². The van der Waals surface area contributed by atoms with Crippen LogP contribution in [-0.2, 0) is 12.7 Å². The number of hydrogen-bond donors (Lipinski definition) is 0. The van der Waals surface area contributed by atoms with Crippen molar-refractivity contribution in [3.05, 3.63) is 35.4 Å². The van der Waals surface area contributed by atoms with Crippen molar-refractivity contribution in [3.63, 3.8) is 0 Å². The van der Waals surface area contributed by atoms with Crippen LogP contribution in [0.25, 0.3) is 0 Å². The number of benzene rings is 1. The fraction of sp³-hybridized carbons (Fsp3) is 0.647. The minimum atomic E-state index is -4.26. The predicted octanol–water partition coefficient (Wildman–Crippen LogP) is 3.76. The van der Waals surface area contributed by atoms with Gasteiger partial charge >= 0.3 is 6.18 Å². The highest BCUT2D eigenvalue weighted by atomic mass is 19.4. The minimum Gasteiger partial charge on any atom is -0.298 e. The molecule has 0 bridgehead atoms. The van der Waals surface area contributed by atoms with Crippen molar-refractivity contribution >= 4 is 0 Å². The molecule has 1 aromatic carbocycles. The highest BCUT2D eigenvalue weighted by Gasteiger charge is 2.32. The molecule has 1 saturated carbocycles. The fourth-order valence-corrected chi connectivity index (χ4v) is 3.42. The summed E-state index contributed by atoms with van der Waals surface area (Å²) in [6, 6.07) is 6.86. The third kappa shape index (κ3) is 3.46. The van der Waals surface area contributed by atoms with Crippen molar-refractivity contribution in [2.75, 3.05) is 19.6 Å². The quantitative estimate of drug-likeness (QED) is 0.838. The van der Waals surface area contributed by atoms with Gasteiger partial charge in [-0.25, -0.2) is 0 Å². The lowest BCUT2D eigenvalue weighted by molar-refractivity contribution is -0.137. The zero-order valence-electron chi connectivity index (χ0n) is 12.9. The Hall–Kier alpha value is -1.07. The standard InChI is InChI=1S/C17H23F3N2/c1-13-11-22(16-6-3-7-16)9-8-21(13)12-14-4-2-5-15(10-14)17(18,19)20/h2,4-5,10,13,16H,3,6-9,11-12H2,1H3/t13-/m1/s1. The van der Waals surface area contributed by atoms with Crippen LogP contribution in [0.4, 0.5) is 13.2 Å². The van der Waals surface area contributed by atoms with Gasteiger partial charge in [0.25, 0.3) is 0 Å². The van der Waals surface area contributed by atoms with E-state index in [4.69, 9.17) is 0 Å². The molecule has 1 atom stereocenters. The molecule has 0 spiro atoms. The Kier molecular flexibility index (Phi) is 4.46. The van der Waals surface area contributed by atoms with E-state index in [1.807, 2.05) is 0 Å². The second-order valence-corrected chi connectivity index (χ2v) is 6.60. The zero-order valence-corrected chi connectivity index (χ0v) is 12.9. The second-order valence-electron chi connectivity index (χ2n) is 6.60. The van der Waals surface area contributed by atoms with Crippen LogP contribution in [-0.4, -0.2) is 41.5 Å². The molecule has 1 aliphatic heterocycles. The smallest absolute Gasteiger partial charge is 0.298 e. The second kappa shape index (κ2) is 6.20. The largest absolute Gasteiger partial charge is 0.416 e. The highest BCUT2D eigenvalue weighted by Crippen LogP contribution is 2.30. The lowest BCUT2D eigenvalue weighted by Crippen LogP contribution is -2.55. The molecule has 5 heteroatoms. The van der Waals surface area contributed by atoms with Gasteiger partial charge in [-0.15, -0.1) is 0 Å². The number of rotatable bonds is 3. The molecule has 1 aliphatic carbocycles. The lowest BCUT2D eigenvalue weighted by atomic mass is 9.90. The number of alkyl halides is 3. The maximum absolute atomic E-state index is 12.8. The molecule has 1 saturated heterocycles. The van der Waals surface area contributed by atoms with Crippen LogP contribution in [0.1, 0.15) is 37.3 Å². The molecule has 2 fully saturated rings. The lowest BCUT2D eigenvalue weighted by Gasteiger charge is -2.46. The van der Waals surface area contributed by atoms with Gasteiger partial charge in [-0.2, -0.15) is 13.2 Å². The zero-order chi connectivity index (χ0) is 15.7. The van der Waals surface area contributed by atoms with Gasteiger partial charge in [0.2, 0.25) is 0 Å². The molecule has 0 radical (unpaired) electrons. The Morgan fingerprint density at radius 2 is 1.95 bits per heavy atom. The van der Waals surface area contributed by atoms with Gasteiger partial charge in [-0.3, -0.25) is 9.80 Å². The van der Waals surface area contributed by atoms with E-state index < -0.39 is 11.7 Å². The Bertz CT molecular complexity index is 511. The van der Waals surface area contributed by atoms with Gasteiger partial charge in [0.05, 0.1) is 5.56 Å². The average Bonchev–Trinajstić information content (AvgIpc) is 2.39. The first-order valence-corrected chi connectivity index (χ1v) is 8.08. The van der Waals surface area contributed by atoms with E-state index in [-0.39, 0.29) is 0 Å². The monoisotopic (exact) mass is 312 g/mol. The minimum absolute atomic E-state index is 0.392.